The van der Waals surface area contributed by atoms with Gasteiger partial charge in [-0.05, 0) is 26.0 Å². The number of benzene rings is 1. The summed E-state index contributed by atoms with van der Waals surface area (Å²) in [4.78, 5) is 54.0. The molecular formula is C18H17N3O5S. The van der Waals surface area contributed by atoms with Gasteiger partial charge in [0.25, 0.3) is 11.8 Å². The lowest BCUT2D eigenvalue weighted by atomic mass is 10.1. The molecule has 1 aromatic carbocycles. The number of rotatable bonds is 6. The molecule has 0 saturated heterocycles. The van der Waals surface area contributed by atoms with Crippen molar-refractivity contribution < 1.29 is 23.9 Å². The molecule has 9 heteroatoms. The summed E-state index contributed by atoms with van der Waals surface area (Å²) < 4.78 is 4.85. The molecule has 1 aromatic heterocycles. The average Bonchev–Trinajstić information content (AvgIpc) is 3.17. The first-order valence-corrected chi connectivity index (χ1v) is 9.18. The van der Waals surface area contributed by atoms with Gasteiger partial charge in [-0.1, -0.05) is 12.1 Å². The molecule has 1 atom stereocenters. The van der Waals surface area contributed by atoms with Gasteiger partial charge < -0.3 is 10.1 Å². The predicted molar refractivity (Wildman–Crippen MR) is 97.5 cm³/mol. The molecule has 0 spiro atoms. The number of carbonyl (C=O) groups excluding carboxylic acids is 4. The second-order valence-electron chi connectivity index (χ2n) is 5.82. The van der Waals surface area contributed by atoms with Crippen LogP contribution >= 0.6 is 11.3 Å². The molecule has 3 rings (SSSR count). The van der Waals surface area contributed by atoms with E-state index < -0.39 is 29.7 Å². The second-order valence-corrected chi connectivity index (χ2v) is 6.68. The van der Waals surface area contributed by atoms with Gasteiger partial charge >= 0.3 is 5.97 Å². The van der Waals surface area contributed by atoms with Crippen molar-refractivity contribution in [1.29, 1.82) is 0 Å². The third-order valence-electron chi connectivity index (χ3n) is 4.00. The molecule has 0 bridgehead atoms. The third-order valence-corrected chi connectivity index (χ3v) is 4.81. The summed E-state index contributed by atoms with van der Waals surface area (Å²) in [6.45, 7) is 3.47. The highest BCUT2D eigenvalue weighted by Gasteiger charge is 2.40. The van der Waals surface area contributed by atoms with Gasteiger partial charge in [0.15, 0.2) is 5.13 Å². The Morgan fingerprint density at radius 2 is 1.85 bits per heavy atom. The van der Waals surface area contributed by atoms with Crippen molar-refractivity contribution in [3.8, 4) is 0 Å². The number of aromatic nitrogens is 1. The van der Waals surface area contributed by atoms with E-state index in [0.29, 0.717) is 5.69 Å². The minimum Gasteiger partial charge on any atom is -0.466 e. The predicted octanol–water partition coefficient (Wildman–Crippen LogP) is 1.87. The Morgan fingerprint density at radius 1 is 1.22 bits per heavy atom. The van der Waals surface area contributed by atoms with E-state index in [2.05, 4.69) is 10.3 Å². The number of carbonyl (C=O) groups is 4. The van der Waals surface area contributed by atoms with Crippen LogP contribution in [0.25, 0.3) is 0 Å². The zero-order chi connectivity index (χ0) is 19.6. The Bertz CT molecular complexity index is 888. The molecule has 1 aliphatic rings. The van der Waals surface area contributed by atoms with Crippen LogP contribution in [-0.4, -0.2) is 46.2 Å². The topological polar surface area (TPSA) is 106 Å². The Kier molecular flexibility index (Phi) is 5.31. The number of ether oxygens (including phenoxy) is 1. The monoisotopic (exact) mass is 387 g/mol. The lowest BCUT2D eigenvalue weighted by Crippen LogP contribution is -2.45. The minimum atomic E-state index is -1.00. The summed E-state index contributed by atoms with van der Waals surface area (Å²) in [6, 6.07) is 5.44. The average molecular weight is 387 g/mol. The molecule has 0 aliphatic carbocycles. The summed E-state index contributed by atoms with van der Waals surface area (Å²) in [5.41, 5.74) is 1.04. The standard InChI is InChI=1S/C18H17N3O5S/c1-3-26-14(22)8-11-9-27-18(19-11)20-15(23)10(2)21-16(24)12-6-4-5-7-13(12)17(21)25/h4-7,9-10H,3,8H2,1-2H3,(H,19,20,23)/t10-/m1/s1. The van der Waals surface area contributed by atoms with E-state index in [1.54, 1.807) is 36.6 Å². The van der Waals surface area contributed by atoms with Crippen LogP contribution in [0.15, 0.2) is 29.6 Å². The first-order chi connectivity index (χ1) is 12.9. The second kappa shape index (κ2) is 7.67. The zero-order valence-electron chi connectivity index (χ0n) is 14.7. The molecule has 3 amide bonds. The maximum Gasteiger partial charge on any atom is 0.311 e. The van der Waals surface area contributed by atoms with Crippen molar-refractivity contribution in [3.63, 3.8) is 0 Å². The van der Waals surface area contributed by atoms with Gasteiger partial charge in [0.05, 0.1) is 29.8 Å². The van der Waals surface area contributed by atoms with E-state index in [0.717, 1.165) is 16.2 Å². The normalized spacial score (nSPS) is 14.1. The number of esters is 1. The molecule has 0 fully saturated rings. The van der Waals surface area contributed by atoms with E-state index in [1.807, 2.05) is 0 Å². The number of hydrogen-bond donors (Lipinski definition) is 1. The Morgan fingerprint density at radius 3 is 2.44 bits per heavy atom. The summed E-state index contributed by atoms with van der Waals surface area (Å²) in [5.74, 6) is -1.94. The first kappa shape index (κ1) is 18.7. The van der Waals surface area contributed by atoms with Gasteiger partial charge in [-0.3, -0.25) is 24.1 Å². The Hall–Kier alpha value is -3.07. The number of nitrogens with one attached hydrogen (secondary N) is 1. The smallest absolute Gasteiger partial charge is 0.311 e. The fourth-order valence-electron chi connectivity index (χ4n) is 2.69. The molecule has 0 unspecified atom stereocenters. The number of imide groups is 1. The van der Waals surface area contributed by atoms with Gasteiger partial charge in [-0.25, -0.2) is 4.98 Å². The molecule has 27 heavy (non-hydrogen) atoms. The fraction of sp³-hybridized carbons (Fsp3) is 0.278. The summed E-state index contributed by atoms with van der Waals surface area (Å²) in [6.07, 6.45) is 0.00811. The lowest BCUT2D eigenvalue weighted by molar-refractivity contribution is -0.142. The van der Waals surface area contributed by atoms with Crippen molar-refractivity contribution in [2.75, 3.05) is 11.9 Å². The highest BCUT2D eigenvalue weighted by Crippen LogP contribution is 2.25. The van der Waals surface area contributed by atoms with Crippen LogP contribution in [0.3, 0.4) is 0 Å². The van der Waals surface area contributed by atoms with Gasteiger partial charge in [-0.15, -0.1) is 11.3 Å². The molecule has 8 nitrogen and oxygen atoms in total. The number of nitrogens with zero attached hydrogens (tertiary/aromatic N) is 2. The number of thiazole rings is 1. The van der Waals surface area contributed by atoms with Crippen molar-refractivity contribution >= 4 is 40.2 Å². The van der Waals surface area contributed by atoms with E-state index in [1.165, 1.54) is 6.92 Å². The highest BCUT2D eigenvalue weighted by molar-refractivity contribution is 7.13. The van der Waals surface area contributed by atoms with E-state index in [9.17, 15) is 19.2 Å². The zero-order valence-corrected chi connectivity index (χ0v) is 15.5. The van der Waals surface area contributed by atoms with E-state index in [4.69, 9.17) is 4.74 Å². The Balaban J connectivity index is 1.67. The SMILES string of the molecule is CCOC(=O)Cc1csc(NC(=O)[C@@H](C)N2C(=O)c3ccccc3C2=O)n1. The number of fused-ring (bicyclic) bond motifs is 1. The van der Waals surface area contributed by atoms with Gasteiger partial charge in [0, 0.05) is 5.38 Å². The van der Waals surface area contributed by atoms with E-state index in [-0.39, 0.29) is 29.3 Å². The van der Waals surface area contributed by atoms with Crippen LogP contribution in [0.2, 0.25) is 0 Å². The molecular weight excluding hydrogens is 370 g/mol. The number of anilines is 1. The van der Waals surface area contributed by atoms with Crippen molar-refractivity contribution in [1.82, 2.24) is 9.88 Å². The summed E-state index contributed by atoms with van der Waals surface area (Å²) in [7, 11) is 0. The van der Waals surface area contributed by atoms with Crippen molar-refractivity contribution in [3.05, 3.63) is 46.5 Å². The van der Waals surface area contributed by atoms with Crippen molar-refractivity contribution in [2.24, 2.45) is 0 Å². The fourth-order valence-corrected chi connectivity index (χ4v) is 3.41. The Labute approximate surface area is 159 Å². The molecule has 2 heterocycles. The van der Waals surface area contributed by atoms with Crippen LogP contribution in [0.4, 0.5) is 5.13 Å². The van der Waals surface area contributed by atoms with Crippen LogP contribution in [0.5, 0.6) is 0 Å². The maximum absolute atomic E-state index is 12.5. The third kappa shape index (κ3) is 3.72. The van der Waals surface area contributed by atoms with Crippen LogP contribution in [-0.2, 0) is 20.7 Å². The molecule has 0 radical (unpaired) electrons. The first-order valence-electron chi connectivity index (χ1n) is 8.30. The number of amides is 3. The summed E-state index contributed by atoms with van der Waals surface area (Å²) >= 11 is 1.15. The van der Waals surface area contributed by atoms with Crippen molar-refractivity contribution in [2.45, 2.75) is 26.3 Å². The maximum atomic E-state index is 12.5. The van der Waals surface area contributed by atoms with Crippen LogP contribution in [0.1, 0.15) is 40.3 Å². The van der Waals surface area contributed by atoms with Gasteiger partial charge in [-0.2, -0.15) is 0 Å². The van der Waals surface area contributed by atoms with Crippen LogP contribution < -0.4 is 5.32 Å². The largest absolute Gasteiger partial charge is 0.466 e. The molecule has 2 aromatic rings. The molecule has 140 valence electrons. The quantitative estimate of drug-likeness (QED) is 0.599. The minimum absolute atomic E-state index is 0.00811. The molecule has 1 aliphatic heterocycles. The van der Waals surface area contributed by atoms with Gasteiger partial charge in [0.1, 0.15) is 6.04 Å². The molecule has 1 N–H and O–H groups in total. The molecule has 0 saturated carbocycles. The van der Waals surface area contributed by atoms with E-state index >= 15 is 0 Å². The lowest BCUT2D eigenvalue weighted by Gasteiger charge is -2.21. The highest BCUT2D eigenvalue weighted by atomic mass is 32.1. The number of hydrogen-bond acceptors (Lipinski definition) is 7. The van der Waals surface area contributed by atoms with Gasteiger partial charge in [0.2, 0.25) is 5.91 Å². The summed E-state index contributed by atoms with van der Waals surface area (Å²) in [5, 5.41) is 4.50. The van der Waals surface area contributed by atoms with Crippen LogP contribution in [0, 0.1) is 0 Å².